The monoisotopic (exact) mass is 432 g/mol. The molecule has 0 aliphatic heterocycles. The number of methoxy groups -OCH3 is 1. The molecular weight excluding hydrogens is 408 g/mol. The van der Waals surface area contributed by atoms with Gasteiger partial charge < -0.3 is 10.1 Å². The van der Waals surface area contributed by atoms with Crippen LogP contribution in [0.25, 0.3) is 11.2 Å². The fourth-order valence-electron chi connectivity index (χ4n) is 3.76. The Bertz CT molecular complexity index is 1350. The Labute approximate surface area is 184 Å². The summed E-state index contributed by atoms with van der Waals surface area (Å²) in [5.74, 6) is 0.416. The van der Waals surface area contributed by atoms with Gasteiger partial charge in [0.15, 0.2) is 11.2 Å². The first kappa shape index (κ1) is 21.2. The Morgan fingerprint density at radius 2 is 1.88 bits per heavy atom. The van der Waals surface area contributed by atoms with Crippen LogP contribution in [0.1, 0.15) is 22.3 Å². The number of carbonyl (C=O) groups is 1. The number of hydrogen-bond acceptors (Lipinski definition) is 6. The second-order valence-electron chi connectivity index (χ2n) is 7.77. The fourth-order valence-corrected chi connectivity index (χ4v) is 3.76. The van der Waals surface area contributed by atoms with Crippen molar-refractivity contribution < 1.29 is 9.53 Å². The largest absolute Gasteiger partial charge is 0.497 e. The molecule has 2 heterocycles. The summed E-state index contributed by atoms with van der Waals surface area (Å²) in [5, 5.41) is 11.0. The highest BCUT2D eigenvalue weighted by molar-refractivity contribution is 5.92. The average molecular weight is 432 g/mol. The second-order valence-corrected chi connectivity index (χ2v) is 7.77. The Morgan fingerprint density at radius 1 is 1.12 bits per heavy atom. The summed E-state index contributed by atoms with van der Waals surface area (Å²) in [6.45, 7) is 6.10. The minimum absolute atomic E-state index is 0.117. The minimum atomic E-state index is -0.417. The summed E-state index contributed by atoms with van der Waals surface area (Å²) in [6, 6.07) is 11.5. The molecule has 9 heteroatoms. The van der Waals surface area contributed by atoms with Gasteiger partial charge in [-0.1, -0.05) is 35.0 Å². The maximum atomic E-state index is 12.9. The number of amides is 1. The number of ether oxygens (including phenoxy) is 1. The standard InChI is InChI=1S/C23H24N6O3/c1-14-8-15(2)20(16(3)9-14)25-19(30)12-28-13-24-22-21(23(28)31)26-27-29(22)11-17-6-5-7-18(10-17)32-4/h5-10,13H,11-12H2,1-4H3,(H,25,30). The molecule has 164 valence electrons. The molecule has 0 aliphatic rings. The third-order valence-electron chi connectivity index (χ3n) is 5.21. The molecule has 0 saturated heterocycles. The van der Waals surface area contributed by atoms with Gasteiger partial charge in [-0.05, 0) is 49.6 Å². The number of nitrogens with zero attached hydrogens (tertiary/aromatic N) is 5. The van der Waals surface area contributed by atoms with Crippen molar-refractivity contribution in [3.63, 3.8) is 0 Å². The Kier molecular flexibility index (Phi) is 5.72. The van der Waals surface area contributed by atoms with Crippen LogP contribution in [-0.2, 0) is 17.9 Å². The molecular formula is C23H24N6O3. The normalized spacial score (nSPS) is 11.0. The minimum Gasteiger partial charge on any atom is -0.497 e. The highest BCUT2D eigenvalue weighted by atomic mass is 16.5. The zero-order valence-electron chi connectivity index (χ0n) is 18.4. The van der Waals surface area contributed by atoms with E-state index in [1.54, 1.807) is 11.8 Å². The summed E-state index contributed by atoms with van der Waals surface area (Å²) in [6.07, 6.45) is 1.35. The maximum Gasteiger partial charge on any atom is 0.283 e. The van der Waals surface area contributed by atoms with E-state index < -0.39 is 5.56 Å². The van der Waals surface area contributed by atoms with E-state index in [2.05, 4.69) is 20.6 Å². The first-order valence-electron chi connectivity index (χ1n) is 10.1. The van der Waals surface area contributed by atoms with Gasteiger partial charge in [-0.15, -0.1) is 5.10 Å². The fraction of sp³-hybridized carbons (Fsp3) is 0.261. The van der Waals surface area contributed by atoms with Crippen molar-refractivity contribution in [3.8, 4) is 5.75 Å². The number of anilines is 1. The number of aryl methyl sites for hydroxylation is 3. The van der Waals surface area contributed by atoms with Crippen molar-refractivity contribution in [3.05, 3.63) is 75.3 Å². The zero-order chi connectivity index (χ0) is 22.8. The second kappa shape index (κ2) is 8.62. The lowest BCUT2D eigenvalue weighted by atomic mass is 10.1. The van der Waals surface area contributed by atoms with E-state index in [1.165, 1.54) is 10.9 Å². The van der Waals surface area contributed by atoms with Crippen molar-refractivity contribution in [1.82, 2.24) is 24.5 Å². The molecule has 0 saturated carbocycles. The average Bonchev–Trinajstić information content (AvgIpc) is 3.16. The van der Waals surface area contributed by atoms with Crippen LogP contribution in [0.15, 0.2) is 47.5 Å². The van der Waals surface area contributed by atoms with E-state index in [9.17, 15) is 9.59 Å². The van der Waals surface area contributed by atoms with Crippen LogP contribution in [-0.4, -0.2) is 37.6 Å². The van der Waals surface area contributed by atoms with Gasteiger partial charge in [0.25, 0.3) is 5.56 Å². The topological polar surface area (TPSA) is 104 Å². The van der Waals surface area contributed by atoms with E-state index in [4.69, 9.17) is 4.74 Å². The molecule has 32 heavy (non-hydrogen) atoms. The highest BCUT2D eigenvalue weighted by Crippen LogP contribution is 2.22. The van der Waals surface area contributed by atoms with Crippen molar-refractivity contribution in [2.24, 2.45) is 0 Å². The highest BCUT2D eigenvalue weighted by Gasteiger charge is 2.15. The van der Waals surface area contributed by atoms with Crippen LogP contribution in [0, 0.1) is 20.8 Å². The summed E-state index contributed by atoms with van der Waals surface area (Å²) in [4.78, 5) is 29.8. The van der Waals surface area contributed by atoms with Crippen molar-refractivity contribution in [2.75, 3.05) is 12.4 Å². The van der Waals surface area contributed by atoms with Crippen molar-refractivity contribution in [2.45, 2.75) is 33.9 Å². The Balaban J connectivity index is 1.55. The van der Waals surface area contributed by atoms with Gasteiger partial charge in [-0.2, -0.15) is 0 Å². The molecule has 0 aliphatic carbocycles. The van der Waals surface area contributed by atoms with Crippen LogP contribution in [0.5, 0.6) is 5.75 Å². The van der Waals surface area contributed by atoms with Crippen LogP contribution in [0.4, 0.5) is 5.69 Å². The smallest absolute Gasteiger partial charge is 0.283 e. The van der Waals surface area contributed by atoms with Gasteiger partial charge >= 0.3 is 0 Å². The zero-order valence-corrected chi connectivity index (χ0v) is 18.4. The van der Waals surface area contributed by atoms with Crippen molar-refractivity contribution >= 4 is 22.8 Å². The van der Waals surface area contributed by atoms with E-state index >= 15 is 0 Å². The van der Waals surface area contributed by atoms with E-state index in [0.29, 0.717) is 12.2 Å². The molecule has 0 radical (unpaired) electrons. The molecule has 9 nitrogen and oxygen atoms in total. The predicted octanol–water partition coefficient (Wildman–Crippen LogP) is 2.61. The summed E-state index contributed by atoms with van der Waals surface area (Å²) >= 11 is 0. The molecule has 1 N–H and O–H groups in total. The quantitative estimate of drug-likeness (QED) is 0.502. The Hall–Kier alpha value is -4.01. The third-order valence-corrected chi connectivity index (χ3v) is 5.21. The summed E-state index contributed by atoms with van der Waals surface area (Å²) < 4.78 is 8.03. The molecule has 0 spiro atoms. The lowest BCUT2D eigenvalue weighted by Gasteiger charge is -2.13. The molecule has 0 fully saturated rings. The number of fused-ring (bicyclic) bond motifs is 1. The first-order chi connectivity index (χ1) is 15.4. The molecule has 1 amide bonds. The van der Waals surface area contributed by atoms with Crippen LogP contribution in [0.3, 0.4) is 0 Å². The van der Waals surface area contributed by atoms with Gasteiger partial charge in [0.05, 0.1) is 13.7 Å². The SMILES string of the molecule is COc1cccc(Cn2nnc3c(=O)n(CC(=O)Nc4c(C)cc(C)cc4C)cnc32)c1. The summed E-state index contributed by atoms with van der Waals surface area (Å²) in [7, 11) is 1.60. The van der Waals surface area contributed by atoms with E-state index in [1.807, 2.05) is 57.2 Å². The molecule has 4 aromatic rings. The maximum absolute atomic E-state index is 12.9. The third kappa shape index (κ3) is 4.22. The van der Waals surface area contributed by atoms with Gasteiger partial charge in [-0.3, -0.25) is 14.2 Å². The molecule has 0 atom stereocenters. The van der Waals surface area contributed by atoms with Gasteiger partial charge in [0.2, 0.25) is 5.91 Å². The number of benzene rings is 2. The number of hydrogen-bond donors (Lipinski definition) is 1. The molecule has 4 rings (SSSR count). The molecule has 2 aromatic carbocycles. The number of carbonyl (C=O) groups excluding carboxylic acids is 1. The Morgan fingerprint density at radius 3 is 2.59 bits per heavy atom. The van der Waals surface area contributed by atoms with Gasteiger partial charge in [-0.25, -0.2) is 9.67 Å². The first-order valence-corrected chi connectivity index (χ1v) is 10.1. The lowest BCUT2D eigenvalue weighted by Crippen LogP contribution is -2.28. The van der Waals surface area contributed by atoms with Crippen LogP contribution in [0.2, 0.25) is 0 Å². The van der Waals surface area contributed by atoms with Crippen molar-refractivity contribution in [1.29, 1.82) is 0 Å². The van der Waals surface area contributed by atoms with E-state index in [-0.39, 0.29) is 18.0 Å². The van der Waals surface area contributed by atoms with E-state index in [0.717, 1.165) is 33.7 Å². The number of nitrogens with one attached hydrogen (secondary N) is 1. The molecule has 0 bridgehead atoms. The van der Waals surface area contributed by atoms with Gasteiger partial charge in [0, 0.05) is 5.69 Å². The van der Waals surface area contributed by atoms with Crippen LogP contribution >= 0.6 is 0 Å². The predicted molar refractivity (Wildman–Crippen MR) is 121 cm³/mol. The summed E-state index contributed by atoms with van der Waals surface area (Å²) in [5.41, 5.74) is 4.82. The van der Waals surface area contributed by atoms with Crippen LogP contribution < -0.4 is 15.6 Å². The lowest BCUT2D eigenvalue weighted by molar-refractivity contribution is -0.116. The van der Waals surface area contributed by atoms with Gasteiger partial charge in [0.1, 0.15) is 18.6 Å². The molecule has 2 aromatic heterocycles. The number of rotatable bonds is 6. The molecule has 0 unspecified atom stereocenters. The number of aromatic nitrogens is 5.